The van der Waals surface area contributed by atoms with Gasteiger partial charge in [0.25, 0.3) is 5.89 Å². The van der Waals surface area contributed by atoms with Gasteiger partial charge in [-0.3, -0.25) is 0 Å². The molecule has 1 aromatic carbocycles. The Kier molecular flexibility index (Phi) is 4.41. The molecule has 2 aromatic rings. The summed E-state index contributed by atoms with van der Waals surface area (Å²) in [4.78, 5) is 3.94. The lowest BCUT2D eigenvalue weighted by molar-refractivity contribution is -0.173. The van der Waals surface area contributed by atoms with E-state index in [2.05, 4.69) is 14.9 Å². The molecular formula is C12H11F4N3O2. The van der Waals surface area contributed by atoms with Gasteiger partial charge in [-0.2, -0.15) is 18.2 Å². The van der Waals surface area contributed by atoms with Crippen LogP contribution in [0.4, 0.5) is 23.2 Å². The Morgan fingerprint density at radius 1 is 1.29 bits per heavy atom. The third kappa shape index (κ3) is 4.42. The van der Waals surface area contributed by atoms with Gasteiger partial charge in [-0.1, -0.05) is 5.16 Å². The summed E-state index contributed by atoms with van der Waals surface area (Å²) in [5, 5.41) is 3.58. The van der Waals surface area contributed by atoms with E-state index < -0.39 is 18.6 Å². The molecule has 1 heterocycles. The van der Waals surface area contributed by atoms with E-state index in [-0.39, 0.29) is 30.4 Å². The number of nitrogens with two attached hydrogens (primary N) is 1. The number of hydrogen-bond acceptors (Lipinski definition) is 5. The maximum Gasteiger partial charge on any atom is 0.411 e. The Hall–Kier alpha value is -2.16. The van der Waals surface area contributed by atoms with E-state index >= 15 is 0 Å². The standard InChI is InChI=1S/C12H11F4N3O2/c13-8-5-7(1-2-9(8)17)11-18-10(19-21-11)3-4-20-6-12(14,15)16/h1-2,5H,3-4,6,17H2. The van der Waals surface area contributed by atoms with Crippen molar-refractivity contribution in [2.75, 3.05) is 18.9 Å². The fourth-order valence-corrected chi connectivity index (χ4v) is 1.48. The lowest BCUT2D eigenvalue weighted by atomic mass is 10.2. The van der Waals surface area contributed by atoms with Crippen LogP contribution in [0.25, 0.3) is 11.5 Å². The average molecular weight is 305 g/mol. The second kappa shape index (κ2) is 6.08. The van der Waals surface area contributed by atoms with E-state index in [1.54, 1.807) is 0 Å². The van der Waals surface area contributed by atoms with Crippen molar-refractivity contribution in [3.63, 3.8) is 0 Å². The number of anilines is 1. The Labute approximate surface area is 116 Å². The molecule has 2 N–H and O–H groups in total. The molecule has 0 amide bonds. The molecule has 5 nitrogen and oxygen atoms in total. The quantitative estimate of drug-likeness (QED) is 0.522. The van der Waals surface area contributed by atoms with Gasteiger partial charge in [0, 0.05) is 12.0 Å². The number of hydrogen-bond donors (Lipinski definition) is 1. The summed E-state index contributed by atoms with van der Waals surface area (Å²) in [6, 6.07) is 3.98. The molecular weight excluding hydrogens is 294 g/mol. The van der Waals surface area contributed by atoms with Crippen molar-refractivity contribution >= 4 is 5.69 Å². The molecule has 0 unspecified atom stereocenters. The fourth-order valence-electron chi connectivity index (χ4n) is 1.48. The summed E-state index contributed by atoms with van der Waals surface area (Å²) < 4.78 is 58.2. The SMILES string of the molecule is Nc1ccc(-c2nc(CCOCC(F)(F)F)no2)cc1F. The molecule has 0 saturated heterocycles. The number of ether oxygens (including phenoxy) is 1. The Bertz CT molecular complexity index is 613. The molecule has 0 bridgehead atoms. The van der Waals surface area contributed by atoms with Crippen LogP contribution >= 0.6 is 0 Å². The molecule has 1 aromatic heterocycles. The first kappa shape index (κ1) is 15.2. The zero-order chi connectivity index (χ0) is 15.5. The topological polar surface area (TPSA) is 74.2 Å². The highest BCUT2D eigenvalue weighted by Gasteiger charge is 2.27. The largest absolute Gasteiger partial charge is 0.411 e. The van der Waals surface area contributed by atoms with Crippen molar-refractivity contribution < 1.29 is 26.8 Å². The molecule has 0 spiro atoms. The first-order chi connectivity index (χ1) is 9.85. The molecule has 2 rings (SSSR count). The maximum absolute atomic E-state index is 13.3. The summed E-state index contributed by atoms with van der Waals surface area (Å²) in [5.41, 5.74) is 5.65. The number of alkyl halides is 3. The molecule has 21 heavy (non-hydrogen) atoms. The van der Waals surface area contributed by atoms with Gasteiger partial charge >= 0.3 is 6.18 Å². The first-order valence-corrected chi connectivity index (χ1v) is 5.87. The molecule has 0 radical (unpaired) electrons. The number of benzene rings is 1. The van der Waals surface area contributed by atoms with E-state index in [0.29, 0.717) is 5.56 Å². The van der Waals surface area contributed by atoms with Crippen LogP contribution in [0.1, 0.15) is 5.82 Å². The third-order valence-electron chi connectivity index (χ3n) is 2.45. The molecule has 0 atom stereocenters. The Morgan fingerprint density at radius 3 is 2.71 bits per heavy atom. The van der Waals surface area contributed by atoms with Gasteiger partial charge in [0.2, 0.25) is 0 Å². The molecule has 0 fully saturated rings. The third-order valence-corrected chi connectivity index (χ3v) is 2.45. The summed E-state index contributed by atoms with van der Waals surface area (Å²) in [6.45, 7) is -1.53. The average Bonchev–Trinajstić information content (AvgIpc) is 2.86. The summed E-state index contributed by atoms with van der Waals surface area (Å²) >= 11 is 0. The summed E-state index contributed by atoms with van der Waals surface area (Å²) in [6.07, 6.45) is -4.32. The molecule has 0 aliphatic rings. The van der Waals surface area contributed by atoms with Crippen molar-refractivity contribution in [3.8, 4) is 11.5 Å². The zero-order valence-corrected chi connectivity index (χ0v) is 10.7. The molecule has 9 heteroatoms. The van der Waals surface area contributed by atoms with Crippen LogP contribution in [-0.4, -0.2) is 29.5 Å². The molecule has 114 valence electrons. The van der Waals surface area contributed by atoms with E-state index in [1.807, 2.05) is 0 Å². The lowest BCUT2D eigenvalue weighted by Crippen LogP contribution is -2.18. The van der Waals surface area contributed by atoms with E-state index in [0.717, 1.165) is 6.07 Å². The van der Waals surface area contributed by atoms with Crippen LogP contribution in [-0.2, 0) is 11.2 Å². The van der Waals surface area contributed by atoms with Crippen LogP contribution in [0.15, 0.2) is 22.7 Å². The zero-order valence-electron chi connectivity index (χ0n) is 10.7. The van der Waals surface area contributed by atoms with Crippen molar-refractivity contribution in [2.45, 2.75) is 12.6 Å². The van der Waals surface area contributed by atoms with Gasteiger partial charge in [-0.25, -0.2) is 4.39 Å². The van der Waals surface area contributed by atoms with Crippen molar-refractivity contribution in [1.82, 2.24) is 10.1 Å². The number of rotatable bonds is 5. The maximum atomic E-state index is 13.3. The molecule has 0 aliphatic carbocycles. The predicted octanol–water partition coefficient (Wildman–Crippen LogP) is 2.58. The van der Waals surface area contributed by atoms with Crippen LogP contribution in [0.3, 0.4) is 0 Å². The highest BCUT2D eigenvalue weighted by Crippen LogP contribution is 2.21. The normalized spacial score (nSPS) is 11.8. The van der Waals surface area contributed by atoms with E-state index in [1.165, 1.54) is 12.1 Å². The van der Waals surface area contributed by atoms with Gasteiger partial charge in [-0.15, -0.1) is 0 Å². The van der Waals surface area contributed by atoms with Gasteiger partial charge < -0.3 is 15.0 Å². The minimum absolute atomic E-state index is 0.0148. The first-order valence-electron chi connectivity index (χ1n) is 5.87. The monoisotopic (exact) mass is 305 g/mol. The van der Waals surface area contributed by atoms with Crippen molar-refractivity contribution in [2.24, 2.45) is 0 Å². The number of nitrogens with zero attached hydrogens (tertiary/aromatic N) is 2. The predicted molar refractivity (Wildman–Crippen MR) is 64.7 cm³/mol. The molecule has 0 saturated carbocycles. The summed E-state index contributed by atoms with van der Waals surface area (Å²) in [7, 11) is 0. The van der Waals surface area contributed by atoms with Crippen LogP contribution in [0.2, 0.25) is 0 Å². The minimum atomic E-state index is -4.37. The highest BCUT2D eigenvalue weighted by atomic mass is 19.4. The number of aromatic nitrogens is 2. The van der Waals surface area contributed by atoms with Crippen molar-refractivity contribution in [1.29, 1.82) is 0 Å². The highest BCUT2D eigenvalue weighted by molar-refractivity contribution is 5.57. The van der Waals surface area contributed by atoms with Crippen LogP contribution < -0.4 is 5.73 Å². The lowest BCUT2D eigenvalue weighted by Gasteiger charge is -2.05. The second-order valence-corrected chi connectivity index (χ2v) is 4.17. The Balaban J connectivity index is 1.93. The minimum Gasteiger partial charge on any atom is -0.396 e. The van der Waals surface area contributed by atoms with Gasteiger partial charge in [0.1, 0.15) is 12.4 Å². The number of halogens is 4. The second-order valence-electron chi connectivity index (χ2n) is 4.17. The van der Waals surface area contributed by atoms with Gasteiger partial charge in [0.15, 0.2) is 5.82 Å². The Morgan fingerprint density at radius 2 is 2.05 bits per heavy atom. The van der Waals surface area contributed by atoms with E-state index in [4.69, 9.17) is 10.3 Å². The van der Waals surface area contributed by atoms with E-state index in [9.17, 15) is 17.6 Å². The molecule has 0 aliphatic heterocycles. The van der Waals surface area contributed by atoms with Gasteiger partial charge in [-0.05, 0) is 18.2 Å². The fraction of sp³-hybridized carbons (Fsp3) is 0.333. The number of nitrogen functional groups attached to an aromatic ring is 1. The van der Waals surface area contributed by atoms with Crippen molar-refractivity contribution in [3.05, 3.63) is 29.8 Å². The van der Waals surface area contributed by atoms with Gasteiger partial charge in [0.05, 0.1) is 12.3 Å². The van der Waals surface area contributed by atoms with Crippen LogP contribution in [0.5, 0.6) is 0 Å². The smallest absolute Gasteiger partial charge is 0.396 e. The summed E-state index contributed by atoms with van der Waals surface area (Å²) in [5.74, 6) is -0.398. The van der Waals surface area contributed by atoms with Crippen LogP contribution in [0, 0.1) is 5.82 Å².